The number of benzene rings is 1. The molecule has 4 nitrogen and oxygen atoms in total. The molecule has 1 aromatic heterocycles. The van der Waals surface area contributed by atoms with Crippen LogP contribution in [0, 0.1) is 0 Å². The lowest BCUT2D eigenvalue weighted by atomic mass is 9.62. The van der Waals surface area contributed by atoms with E-state index >= 15 is 0 Å². The van der Waals surface area contributed by atoms with Gasteiger partial charge in [-0.05, 0) is 37.7 Å². The molecule has 2 aliphatic carbocycles. The normalized spacial score (nSPS) is 17.2. The summed E-state index contributed by atoms with van der Waals surface area (Å²) in [5.74, 6) is 0.864. The largest absolute Gasteiger partial charge is 0.329 e. The SMILES string of the molecule is CCCC[NH+](CCCC)Cc1nc2c(c(=O)[nH]1)C1(CCCCC1)Cc1ccccc1-2. The van der Waals surface area contributed by atoms with Gasteiger partial charge in [0.25, 0.3) is 5.56 Å². The molecule has 162 valence electrons. The van der Waals surface area contributed by atoms with Crippen molar-refractivity contribution in [2.75, 3.05) is 13.1 Å². The summed E-state index contributed by atoms with van der Waals surface area (Å²) in [6.07, 6.45) is 11.8. The predicted molar refractivity (Wildman–Crippen MR) is 123 cm³/mol. The van der Waals surface area contributed by atoms with Crippen LogP contribution in [-0.4, -0.2) is 23.1 Å². The van der Waals surface area contributed by atoms with Gasteiger partial charge in [-0.1, -0.05) is 70.2 Å². The van der Waals surface area contributed by atoms with Gasteiger partial charge in [0, 0.05) is 11.0 Å². The van der Waals surface area contributed by atoms with E-state index in [1.807, 2.05) is 0 Å². The topological polar surface area (TPSA) is 50.2 Å². The van der Waals surface area contributed by atoms with Crippen LogP contribution in [0.1, 0.15) is 88.6 Å². The summed E-state index contributed by atoms with van der Waals surface area (Å²) in [5, 5.41) is 0. The van der Waals surface area contributed by atoms with Crippen LogP contribution in [0.4, 0.5) is 0 Å². The summed E-state index contributed by atoms with van der Waals surface area (Å²) < 4.78 is 0. The Morgan fingerprint density at radius 1 is 1.03 bits per heavy atom. The van der Waals surface area contributed by atoms with Crippen LogP contribution in [0.15, 0.2) is 29.1 Å². The van der Waals surface area contributed by atoms with Crippen molar-refractivity contribution in [2.24, 2.45) is 0 Å². The van der Waals surface area contributed by atoms with Crippen LogP contribution in [0.5, 0.6) is 0 Å². The van der Waals surface area contributed by atoms with E-state index in [4.69, 9.17) is 4.98 Å². The highest BCUT2D eigenvalue weighted by molar-refractivity contribution is 5.71. The first-order valence-electron chi connectivity index (χ1n) is 12.2. The third-order valence-electron chi connectivity index (χ3n) is 7.30. The Morgan fingerprint density at radius 2 is 1.73 bits per heavy atom. The van der Waals surface area contributed by atoms with Gasteiger partial charge in [0.05, 0.1) is 24.3 Å². The zero-order valence-corrected chi connectivity index (χ0v) is 18.9. The highest BCUT2D eigenvalue weighted by Gasteiger charge is 2.42. The maximum absolute atomic E-state index is 13.5. The molecule has 2 N–H and O–H groups in total. The second-order valence-corrected chi connectivity index (χ2v) is 9.55. The first-order valence-corrected chi connectivity index (χ1v) is 12.2. The average Bonchev–Trinajstić information content (AvgIpc) is 2.76. The quantitative estimate of drug-likeness (QED) is 0.688. The molecule has 0 saturated heterocycles. The Kier molecular flexibility index (Phi) is 6.72. The van der Waals surface area contributed by atoms with E-state index < -0.39 is 0 Å². The summed E-state index contributed by atoms with van der Waals surface area (Å²) >= 11 is 0. The third-order valence-corrected chi connectivity index (χ3v) is 7.30. The lowest BCUT2D eigenvalue weighted by molar-refractivity contribution is -0.915. The number of hydrogen-bond acceptors (Lipinski definition) is 2. The van der Waals surface area contributed by atoms with E-state index in [2.05, 4.69) is 43.1 Å². The number of H-pyrrole nitrogens is 1. The number of rotatable bonds is 8. The number of aromatic nitrogens is 2. The van der Waals surface area contributed by atoms with Gasteiger partial charge >= 0.3 is 0 Å². The summed E-state index contributed by atoms with van der Waals surface area (Å²) in [5.41, 5.74) is 4.61. The standard InChI is InChI=1S/C26H37N3O/c1-3-5-16-29(17-6-4-2)19-22-27-24-21-13-9-8-12-20(21)18-26(14-10-7-11-15-26)23(24)25(30)28-22/h8-9,12-13H,3-7,10-11,14-19H2,1-2H3,(H,27,28,30)/p+1. The molecule has 2 aromatic rings. The van der Waals surface area contributed by atoms with E-state index in [0.29, 0.717) is 0 Å². The lowest BCUT2D eigenvalue weighted by Crippen LogP contribution is -3.10. The van der Waals surface area contributed by atoms with Crippen LogP contribution in [0.2, 0.25) is 0 Å². The number of fused-ring (bicyclic) bond motifs is 4. The first kappa shape index (κ1) is 21.3. The molecule has 4 rings (SSSR count). The maximum Gasteiger partial charge on any atom is 0.255 e. The Bertz CT molecular complexity index is 903. The monoisotopic (exact) mass is 408 g/mol. The molecule has 1 saturated carbocycles. The Labute approximate surface area is 181 Å². The van der Waals surface area contributed by atoms with Gasteiger partial charge in [0.1, 0.15) is 6.54 Å². The number of hydrogen-bond donors (Lipinski definition) is 2. The molecule has 30 heavy (non-hydrogen) atoms. The minimum atomic E-state index is -0.0159. The van der Waals surface area contributed by atoms with Gasteiger partial charge in [-0.3, -0.25) is 4.79 Å². The van der Waals surface area contributed by atoms with Gasteiger partial charge in [-0.25, -0.2) is 4.98 Å². The number of aromatic amines is 1. The van der Waals surface area contributed by atoms with E-state index in [1.165, 1.54) is 56.1 Å². The van der Waals surface area contributed by atoms with Gasteiger partial charge in [-0.15, -0.1) is 0 Å². The molecule has 1 spiro atoms. The molecule has 0 unspecified atom stereocenters. The summed E-state index contributed by atoms with van der Waals surface area (Å²) in [4.78, 5) is 23.4. The molecule has 0 aliphatic heterocycles. The van der Waals surface area contributed by atoms with Crippen molar-refractivity contribution in [3.05, 3.63) is 51.6 Å². The highest BCUT2D eigenvalue weighted by Crippen LogP contribution is 2.48. The number of unbranched alkanes of at least 4 members (excludes halogenated alkanes) is 2. The van der Waals surface area contributed by atoms with Gasteiger partial charge in [0.15, 0.2) is 5.82 Å². The molecule has 0 bridgehead atoms. The van der Waals surface area contributed by atoms with Gasteiger partial charge in [0.2, 0.25) is 0 Å². The molecule has 1 heterocycles. The number of quaternary nitrogens is 1. The lowest BCUT2D eigenvalue weighted by Gasteiger charge is -2.41. The molecule has 0 radical (unpaired) electrons. The molecule has 1 aromatic carbocycles. The van der Waals surface area contributed by atoms with E-state index in [-0.39, 0.29) is 11.0 Å². The summed E-state index contributed by atoms with van der Waals surface area (Å²) in [6, 6.07) is 8.63. The number of nitrogens with zero attached hydrogens (tertiary/aromatic N) is 1. The summed E-state index contributed by atoms with van der Waals surface area (Å²) in [6.45, 7) is 7.61. The molecule has 0 amide bonds. The Balaban J connectivity index is 1.73. The van der Waals surface area contributed by atoms with Crippen molar-refractivity contribution >= 4 is 0 Å². The van der Waals surface area contributed by atoms with Crippen LogP contribution in [0.3, 0.4) is 0 Å². The maximum atomic E-state index is 13.5. The predicted octanol–water partition coefficient (Wildman–Crippen LogP) is 4.18. The minimum absolute atomic E-state index is 0.0159. The fourth-order valence-corrected chi connectivity index (χ4v) is 5.70. The van der Waals surface area contributed by atoms with Gasteiger partial charge in [-0.2, -0.15) is 0 Å². The highest BCUT2D eigenvalue weighted by atomic mass is 16.1. The van der Waals surface area contributed by atoms with Crippen molar-refractivity contribution in [1.82, 2.24) is 9.97 Å². The Hall–Kier alpha value is -1.94. The van der Waals surface area contributed by atoms with Crippen LogP contribution in [0.25, 0.3) is 11.3 Å². The van der Waals surface area contributed by atoms with Crippen molar-refractivity contribution in [3.8, 4) is 11.3 Å². The van der Waals surface area contributed by atoms with E-state index in [0.717, 1.165) is 56.0 Å². The molecule has 4 heteroatoms. The van der Waals surface area contributed by atoms with Crippen molar-refractivity contribution in [3.63, 3.8) is 0 Å². The molecular weight excluding hydrogens is 370 g/mol. The second-order valence-electron chi connectivity index (χ2n) is 9.55. The zero-order valence-electron chi connectivity index (χ0n) is 18.9. The fraction of sp³-hybridized carbons (Fsp3) is 0.615. The van der Waals surface area contributed by atoms with Crippen molar-refractivity contribution in [1.29, 1.82) is 0 Å². The smallest absolute Gasteiger partial charge is 0.255 e. The zero-order chi connectivity index (χ0) is 21.0. The van der Waals surface area contributed by atoms with Crippen LogP contribution < -0.4 is 10.5 Å². The fourth-order valence-electron chi connectivity index (χ4n) is 5.70. The van der Waals surface area contributed by atoms with Crippen molar-refractivity contribution in [2.45, 2.75) is 90.0 Å². The van der Waals surface area contributed by atoms with E-state index in [1.54, 1.807) is 4.90 Å². The first-order chi connectivity index (χ1) is 14.7. The average molecular weight is 409 g/mol. The van der Waals surface area contributed by atoms with Gasteiger partial charge < -0.3 is 9.88 Å². The molecular formula is C26H38N3O+. The minimum Gasteiger partial charge on any atom is -0.329 e. The Morgan fingerprint density at radius 3 is 2.43 bits per heavy atom. The summed E-state index contributed by atoms with van der Waals surface area (Å²) in [7, 11) is 0. The van der Waals surface area contributed by atoms with Crippen LogP contribution >= 0.6 is 0 Å². The number of nitrogens with one attached hydrogen (secondary N) is 2. The second kappa shape index (κ2) is 9.47. The van der Waals surface area contributed by atoms with E-state index in [9.17, 15) is 4.79 Å². The van der Waals surface area contributed by atoms with Crippen LogP contribution in [-0.2, 0) is 18.4 Å². The van der Waals surface area contributed by atoms with Crippen molar-refractivity contribution < 1.29 is 4.90 Å². The molecule has 2 aliphatic rings. The molecule has 0 atom stereocenters. The molecule has 1 fully saturated rings. The third kappa shape index (κ3) is 4.25.